The summed E-state index contributed by atoms with van der Waals surface area (Å²) in [6.07, 6.45) is 5.27. The van der Waals surface area contributed by atoms with Crippen LogP contribution in [0.15, 0.2) is 12.1 Å². The number of methoxy groups -OCH3 is 2. The van der Waals surface area contributed by atoms with Crippen LogP contribution in [-0.2, 0) is 13.0 Å². The fourth-order valence-corrected chi connectivity index (χ4v) is 3.60. The molecule has 0 bridgehead atoms. The Kier molecular flexibility index (Phi) is 9.21. The minimum atomic E-state index is 0. The molecule has 0 saturated carbocycles. The van der Waals surface area contributed by atoms with E-state index in [1.54, 1.807) is 14.2 Å². The van der Waals surface area contributed by atoms with Crippen molar-refractivity contribution in [3.8, 4) is 11.5 Å². The summed E-state index contributed by atoms with van der Waals surface area (Å²) in [5.74, 6) is 1.70. The van der Waals surface area contributed by atoms with Crippen LogP contribution >= 0.6 is 0 Å². The van der Waals surface area contributed by atoms with E-state index in [2.05, 4.69) is 21.9 Å². The fourth-order valence-electron chi connectivity index (χ4n) is 3.60. The van der Waals surface area contributed by atoms with Gasteiger partial charge in [0, 0.05) is 26.2 Å². The minimum absolute atomic E-state index is 0. The number of halogens is 2. The maximum Gasteiger partial charge on any atom is 0.161 e. The van der Waals surface area contributed by atoms with Crippen molar-refractivity contribution in [1.82, 2.24) is 9.80 Å². The minimum Gasteiger partial charge on any atom is -1.00 e. The van der Waals surface area contributed by atoms with E-state index in [0.29, 0.717) is 0 Å². The zero-order valence-corrected chi connectivity index (χ0v) is 16.2. The first kappa shape index (κ1) is 21.4. The summed E-state index contributed by atoms with van der Waals surface area (Å²) in [4.78, 5) is 5.19. The Morgan fingerprint density at radius 3 is 2.00 bits per heavy atom. The standard InChI is InChI=1S/C18H28N2O2.2ClH/c1-21-17-12-15-6-9-20(14-16(15)13-18(17)22-2)11-10-19-7-4-3-5-8-19;;/h12-13H,3-11,14H2,1-2H3;2*1H/p-2. The summed E-state index contributed by atoms with van der Waals surface area (Å²) in [5, 5.41) is 0. The van der Waals surface area contributed by atoms with E-state index < -0.39 is 0 Å². The van der Waals surface area contributed by atoms with Crippen LogP contribution in [0, 0.1) is 0 Å². The van der Waals surface area contributed by atoms with Crippen molar-refractivity contribution < 1.29 is 34.3 Å². The van der Waals surface area contributed by atoms with Crippen molar-refractivity contribution in [2.45, 2.75) is 32.2 Å². The molecule has 1 saturated heterocycles. The summed E-state index contributed by atoms with van der Waals surface area (Å²) in [6, 6.07) is 4.30. The molecular weight excluding hydrogens is 347 g/mol. The van der Waals surface area contributed by atoms with Crippen molar-refractivity contribution in [2.75, 3.05) is 46.9 Å². The summed E-state index contributed by atoms with van der Waals surface area (Å²) < 4.78 is 10.9. The maximum atomic E-state index is 5.44. The van der Waals surface area contributed by atoms with Crippen molar-refractivity contribution in [3.63, 3.8) is 0 Å². The summed E-state index contributed by atoms with van der Waals surface area (Å²) in [6.45, 7) is 7.14. The normalized spacial score (nSPS) is 18.1. The fraction of sp³-hybridized carbons (Fsp3) is 0.667. The van der Waals surface area contributed by atoms with Crippen LogP contribution < -0.4 is 34.3 Å². The molecule has 1 aromatic rings. The van der Waals surface area contributed by atoms with Gasteiger partial charge in [-0.3, -0.25) is 4.90 Å². The topological polar surface area (TPSA) is 24.9 Å². The average molecular weight is 375 g/mol. The number of ether oxygens (including phenoxy) is 2. The van der Waals surface area contributed by atoms with Gasteiger partial charge < -0.3 is 39.2 Å². The largest absolute Gasteiger partial charge is 1.00 e. The molecule has 2 aliphatic heterocycles. The number of benzene rings is 1. The highest BCUT2D eigenvalue weighted by Crippen LogP contribution is 2.33. The van der Waals surface area contributed by atoms with E-state index in [1.807, 2.05) is 0 Å². The number of piperidine rings is 1. The van der Waals surface area contributed by atoms with Crippen molar-refractivity contribution >= 4 is 0 Å². The first-order valence-electron chi connectivity index (χ1n) is 8.48. The Balaban J connectivity index is 0.00000144. The SMILES string of the molecule is COc1cc2c(cc1OC)CN(CCN1CCCCC1)CC2.[Cl-].[Cl-]. The van der Waals surface area contributed by atoms with Gasteiger partial charge in [0.15, 0.2) is 11.5 Å². The molecule has 138 valence electrons. The van der Waals surface area contributed by atoms with Crippen LogP contribution in [0.4, 0.5) is 0 Å². The van der Waals surface area contributed by atoms with E-state index in [1.165, 1.54) is 56.6 Å². The Morgan fingerprint density at radius 2 is 1.38 bits per heavy atom. The quantitative estimate of drug-likeness (QED) is 0.535. The molecule has 2 aliphatic rings. The van der Waals surface area contributed by atoms with Gasteiger partial charge in [0.2, 0.25) is 0 Å². The Labute approximate surface area is 158 Å². The Bertz CT molecular complexity index is 508. The second-order valence-electron chi connectivity index (χ2n) is 6.40. The molecule has 0 atom stereocenters. The molecule has 0 spiro atoms. The first-order chi connectivity index (χ1) is 10.8. The molecule has 0 aromatic heterocycles. The van der Waals surface area contributed by atoms with Gasteiger partial charge in [0.1, 0.15) is 0 Å². The van der Waals surface area contributed by atoms with Crippen LogP contribution in [0.5, 0.6) is 11.5 Å². The molecule has 0 aliphatic carbocycles. The third kappa shape index (κ3) is 5.16. The molecule has 0 amide bonds. The van der Waals surface area contributed by atoms with Gasteiger partial charge in [-0.25, -0.2) is 0 Å². The zero-order chi connectivity index (χ0) is 15.4. The smallest absolute Gasteiger partial charge is 0.161 e. The van der Waals surface area contributed by atoms with Gasteiger partial charge in [0.05, 0.1) is 14.2 Å². The maximum absolute atomic E-state index is 5.44. The van der Waals surface area contributed by atoms with E-state index in [0.717, 1.165) is 31.0 Å². The molecular formula is C18H28Cl2N2O2-2. The van der Waals surface area contributed by atoms with Gasteiger partial charge in [-0.05, 0) is 55.6 Å². The Hall–Kier alpha value is -0.680. The molecule has 0 unspecified atom stereocenters. The number of hydrogen-bond acceptors (Lipinski definition) is 4. The molecule has 0 N–H and O–H groups in total. The number of hydrogen-bond donors (Lipinski definition) is 0. The lowest BCUT2D eigenvalue weighted by Gasteiger charge is -2.33. The van der Waals surface area contributed by atoms with E-state index >= 15 is 0 Å². The van der Waals surface area contributed by atoms with Gasteiger partial charge >= 0.3 is 0 Å². The zero-order valence-electron chi connectivity index (χ0n) is 14.7. The highest BCUT2D eigenvalue weighted by atomic mass is 35.5. The van der Waals surface area contributed by atoms with Crippen molar-refractivity contribution in [2.24, 2.45) is 0 Å². The molecule has 3 rings (SSSR count). The summed E-state index contributed by atoms with van der Waals surface area (Å²) >= 11 is 0. The number of likely N-dealkylation sites (tertiary alicyclic amines) is 1. The van der Waals surface area contributed by atoms with Crippen molar-refractivity contribution in [1.29, 1.82) is 0 Å². The van der Waals surface area contributed by atoms with Crippen LogP contribution in [-0.4, -0.2) is 56.7 Å². The first-order valence-corrected chi connectivity index (χ1v) is 8.48. The lowest BCUT2D eigenvalue weighted by Crippen LogP contribution is -3.00. The van der Waals surface area contributed by atoms with Crippen LogP contribution in [0.1, 0.15) is 30.4 Å². The molecule has 1 fully saturated rings. The molecule has 6 heteroatoms. The third-order valence-electron chi connectivity index (χ3n) is 4.98. The third-order valence-corrected chi connectivity index (χ3v) is 4.98. The van der Waals surface area contributed by atoms with Crippen molar-refractivity contribution in [3.05, 3.63) is 23.3 Å². The van der Waals surface area contributed by atoms with Crippen LogP contribution in [0.2, 0.25) is 0 Å². The van der Waals surface area contributed by atoms with Crippen LogP contribution in [0.3, 0.4) is 0 Å². The summed E-state index contributed by atoms with van der Waals surface area (Å²) in [5.41, 5.74) is 2.80. The summed E-state index contributed by atoms with van der Waals surface area (Å²) in [7, 11) is 3.42. The average Bonchev–Trinajstić information content (AvgIpc) is 2.59. The predicted octanol–water partition coefficient (Wildman–Crippen LogP) is -3.44. The van der Waals surface area contributed by atoms with E-state index in [9.17, 15) is 0 Å². The molecule has 4 nitrogen and oxygen atoms in total. The highest BCUT2D eigenvalue weighted by molar-refractivity contribution is 5.48. The molecule has 2 heterocycles. The predicted molar refractivity (Wildman–Crippen MR) is 88.8 cm³/mol. The molecule has 24 heavy (non-hydrogen) atoms. The monoisotopic (exact) mass is 374 g/mol. The van der Waals surface area contributed by atoms with E-state index in [-0.39, 0.29) is 24.8 Å². The Morgan fingerprint density at radius 1 is 0.792 bits per heavy atom. The highest BCUT2D eigenvalue weighted by Gasteiger charge is 2.20. The van der Waals surface area contributed by atoms with E-state index in [4.69, 9.17) is 9.47 Å². The molecule has 0 radical (unpaired) electrons. The van der Waals surface area contributed by atoms with Gasteiger partial charge in [-0.1, -0.05) is 6.42 Å². The lowest BCUT2D eigenvalue weighted by molar-refractivity contribution is -0.001000. The van der Waals surface area contributed by atoms with Gasteiger partial charge in [-0.15, -0.1) is 0 Å². The van der Waals surface area contributed by atoms with Gasteiger partial charge in [-0.2, -0.15) is 0 Å². The number of rotatable bonds is 5. The second kappa shape index (κ2) is 10.3. The lowest BCUT2D eigenvalue weighted by atomic mass is 9.99. The second-order valence-corrected chi connectivity index (χ2v) is 6.40. The number of nitrogens with zero attached hydrogens (tertiary/aromatic N) is 2. The van der Waals surface area contributed by atoms with Gasteiger partial charge in [0.25, 0.3) is 0 Å². The number of fused-ring (bicyclic) bond motifs is 1. The van der Waals surface area contributed by atoms with Crippen LogP contribution in [0.25, 0.3) is 0 Å². The molecule has 1 aromatic carbocycles.